The van der Waals surface area contributed by atoms with Crippen molar-refractivity contribution in [3.05, 3.63) is 17.7 Å². The molecule has 136 valence electrons. The van der Waals surface area contributed by atoms with E-state index in [1.54, 1.807) is 32.9 Å². The molecule has 0 spiro atoms. The lowest BCUT2D eigenvalue weighted by atomic mass is 10.1. The largest absolute Gasteiger partial charge is 0.493 e. The van der Waals surface area contributed by atoms with Crippen molar-refractivity contribution in [2.45, 2.75) is 38.8 Å². The zero-order valence-electron chi connectivity index (χ0n) is 15.1. The first kappa shape index (κ1) is 19.9. The number of rotatable bonds is 7. The Morgan fingerprint density at radius 3 is 2.04 bits per heavy atom. The van der Waals surface area contributed by atoms with E-state index >= 15 is 0 Å². The molecule has 2 N–H and O–H groups in total. The smallest absolute Gasteiger partial charge is 0.407 e. The van der Waals surface area contributed by atoms with Gasteiger partial charge in [-0.05, 0) is 44.9 Å². The summed E-state index contributed by atoms with van der Waals surface area (Å²) >= 11 is 0. The molecule has 0 saturated carbocycles. The predicted octanol–water partition coefficient (Wildman–Crippen LogP) is 2.14. The Hall–Kier alpha value is -2.15. The van der Waals surface area contributed by atoms with Crippen molar-refractivity contribution < 1.29 is 28.8 Å². The summed E-state index contributed by atoms with van der Waals surface area (Å²) in [7, 11) is 4.59. The number of hydrogen-bond acceptors (Lipinski definition) is 6. The van der Waals surface area contributed by atoms with Crippen molar-refractivity contribution in [3.63, 3.8) is 0 Å². The monoisotopic (exact) mass is 341 g/mol. The fourth-order valence-corrected chi connectivity index (χ4v) is 2.17. The minimum absolute atomic E-state index is 0.226. The molecule has 7 heteroatoms. The van der Waals surface area contributed by atoms with Crippen molar-refractivity contribution in [1.29, 1.82) is 0 Å². The third-order valence-corrected chi connectivity index (χ3v) is 3.15. The lowest BCUT2D eigenvalue weighted by Gasteiger charge is -2.23. The Bertz CT molecular complexity index is 527. The molecule has 24 heavy (non-hydrogen) atoms. The number of hydrogen-bond donors (Lipinski definition) is 2. The number of benzene rings is 1. The second-order valence-electron chi connectivity index (χ2n) is 6.26. The van der Waals surface area contributed by atoms with Crippen LogP contribution in [0.25, 0.3) is 0 Å². The van der Waals surface area contributed by atoms with Crippen LogP contribution in [0.15, 0.2) is 12.1 Å². The van der Waals surface area contributed by atoms with E-state index in [1.165, 1.54) is 21.3 Å². The van der Waals surface area contributed by atoms with Gasteiger partial charge >= 0.3 is 6.09 Å². The fourth-order valence-electron chi connectivity index (χ4n) is 2.17. The molecule has 1 rings (SSSR count). The lowest BCUT2D eigenvalue weighted by Crippen LogP contribution is -2.42. The fraction of sp³-hybridized carbons (Fsp3) is 0.588. The summed E-state index contributed by atoms with van der Waals surface area (Å²) in [6.07, 6.45) is -0.194. The van der Waals surface area contributed by atoms with E-state index in [1.807, 2.05) is 0 Å². The lowest BCUT2D eigenvalue weighted by molar-refractivity contribution is 0.0483. The van der Waals surface area contributed by atoms with E-state index < -0.39 is 17.7 Å². The van der Waals surface area contributed by atoms with Crippen LogP contribution in [0.4, 0.5) is 4.79 Å². The first-order chi connectivity index (χ1) is 11.2. The quantitative estimate of drug-likeness (QED) is 0.790. The molecule has 1 aromatic carbocycles. The Morgan fingerprint density at radius 2 is 1.67 bits per heavy atom. The zero-order valence-corrected chi connectivity index (χ0v) is 15.1. The second-order valence-corrected chi connectivity index (χ2v) is 6.26. The van der Waals surface area contributed by atoms with Crippen LogP contribution in [-0.4, -0.2) is 50.8 Å². The van der Waals surface area contributed by atoms with E-state index in [9.17, 15) is 9.90 Å². The predicted molar refractivity (Wildman–Crippen MR) is 90.0 cm³/mol. The number of nitrogens with one attached hydrogen (secondary N) is 1. The van der Waals surface area contributed by atoms with Crippen LogP contribution in [0, 0.1) is 0 Å². The molecule has 1 atom stereocenters. The number of amides is 1. The van der Waals surface area contributed by atoms with Gasteiger partial charge in [-0.25, -0.2) is 4.79 Å². The molecular formula is C17H27NO6. The van der Waals surface area contributed by atoms with Gasteiger partial charge < -0.3 is 29.4 Å². The maximum atomic E-state index is 11.9. The number of carbonyl (C=O) groups excluding carboxylic acids is 1. The number of alkyl carbamates (subject to hydrolysis) is 1. The zero-order chi connectivity index (χ0) is 18.3. The number of carbonyl (C=O) groups is 1. The third kappa shape index (κ3) is 5.81. The Morgan fingerprint density at radius 1 is 1.12 bits per heavy atom. The van der Waals surface area contributed by atoms with Crippen molar-refractivity contribution in [1.82, 2.24) is 5.32 Å². The highest BCUT2D eigenvalue weighted by Crippen LogP contribution is 2.38. The SMILES string of the molecule is COc1cc(CC(CO)NC(=O)OC(C)(C)C)cc(OC)c1OC. The van der Waals surface area contributed by atoms with Gasteiger partial charge in [0.05, 0.1) is 34.0 Å². The normalized spacial score (nSPS) is 12.3. The summed E-state index contributed by atoms with van der Waals surface area (Å²) in [5.41, 5.74) is 0.219. The van der Waals surface area contributed by atoms with Crippen molar-refractivity contribution in [2.24, 2.45) is 0 Å². The van der Waals surface area contributed by atoms with E-state index in [2.05, 4.69) is 5.32 Å². The van der Waals surface area contributed by atoms with Crippen molar-refractivity contribution >= 4 is 6.09 Å². The highest BCUT2D eigenvalue weighted by molar-refractivity contribution is 5.68. The summed E-state index contributed by atoms with van der Waals surface area (Å²) in [5, 5.41) is 12.2. The van der Waals surface area contributed by atoms with Gasteiger partial charge in [-0.2, -0.15) is 0 Å². The van der Waals surface area contributed by atoms with Crippen LogP contribution >= 0.6 is 0 Å². The highest BCUT2D eigenvalue weighted by Gasteiger charge is 2.21. The van der Waals surface area contributed by atoms with Gasteiger partial charge in [0.25, 0.3) is 0 Å². The molecule has 1 unspecified atom stereocenters. The standard InChI is InChI=1S/C17H27NO6/c1-17(2,3)24-16(20)18-12(10-19)7-11-8-13(21-4)15(23-6)14(9-11)22-5/h8-9,12,19H,7,10H2,1-6H3,(H,18,20). The average Bonchev–Trinajstić information content (AvgIpc) is 2.51. The summed E-state index contributed by atoms with van der Waals surface area (Å²) < 4.78 is 21.1. The molecule has 0 saturated heterocycles. The minimum Gasteiger partial charge on any atom is -0.493 e. The van der Waals surface area contributed by atoms with Gasteiger partial charge in [0.2, 0.25) is 5.75 Å². The van der Waals surface area contributed by atoms with Crippen LogP contribution in [0.3, 0.4) is 0 Å². The molecular weight excluding hydrogens is 314 g/mol. The second kappa shape index (κ2) is 8.63. The van der Waals surface area contributed by atoms with E-state index in [0.717, 1.165) is 5.56 Å². The van der Waals surface area contributed by atoms with Crippen LogP contribution in [-0.2, 0) is 11.2 Å². The van der Waals surface area contributed by atoms with Crippen LogP contribution < -0.4 is 19.5 Å². The summed E-state index contributed by atoms with van der Waals surface area (Å²) in [4.78, 5) is 11.9. The Balaban J connectivity index is 2.91. The maximum Gasteiger partial charge on any atom is 0.407 e. The summed E-state index contributed by atoms with van der Waals surface area (Å²) in [5.74, 6) is 1.52. The van der Waals surface area contributed by atoms with Gasteiger partial charge in [0.1, 0.15) is 5.60 Å². The third-order valence-electron chi connectivity index (χ3n) is 3.15. The summed E-state index contributed by atoms with van der Waals surface area (Å²) in [6, 6.07) is 3.06. The molecule has 0 aliphatic rings. The molecule has 7 nitrogen and oxygen atoms in total. The van der Waals surface area contributed by atoms with E-state index in [0.29, 0.717) is 23.7 Å². The van der Waals surface area contributed by atoms with Gasteiger partial charge in [-0.3, -0.25) is 0 Å². The molecule has 0 aliphatic heterocycles. The van der Waals surface area contributed by atoms with Gasteiger partial charge in [0, 0.05) is 0 Å². The Labute approximate surface area is 142 Å². The van der Waals surface area contributed by atoms with Crippen molar-refractivity contribution in [3.8, 4) is 17.2 Å². The van der Waals surface area contributed by atoms with Crippen LogP contribution in [0.2, 0.25) is 0 Å². The number of ether oxygens (including phenoxy) is 4. The topological polar surface area (TPSA) is 86.3 Å². The van der Waals surface area contributed by atoms with Gasteiger partial charge in [0.15, 0.2) is 11.5 Å². The van der Waals surface area contributed by atoms with Crippen LogP contribution in [0.1, 0.15) is 26.3 Å². The molecule has 0 heterocycles. The Kier molecular flexibility index (Phi) is 7.16. The molecule has 1 amide bonds. The number of aliphatic hydroxyl groups excluding tert-OH is 1. The number of aliphatic hydroxyl groups is 1. The van der Waals surface area contributed by atoms with Crippen LogP contribution in [0.5, 0.6) is 17.2 Å². The maximum absolute atomic E-state index is 11.9. The van der Waals surface area contributed by atoms with E-state index in [-0.39, 0.29) is 6.61 Å². The van der Waals surface area contributed by atoms with E-state index in [4.69, 9.17) is 18.9 Å². The first-order valence-electron chi connectivity index (χ1n) is 7.63. The van der Waals surface area contributed by atoms with Gasteiger partial charge in [-0.1, -0.05) is 0 Å². The van der Waals surface area contributed by atoms with Gasteiger partial charge in [-0.15, -0.1) is 0 Å². The first-order valence-corrected chi connectivity index (χ1v) is 7.63. The molecule has 0 fully saturated rings. The van der Waals surface area contributed by atoms with Crippen molar-refractivity contribution in [2.75, 3.05) is 27.9 Å². The number of methoxy groups -OCH3 is 3. The highest BCUT2D eigenvalue weighted by atomic mass is 16.6. The molecule has 1 aromatic rings. The summed E-state index contributed by atoms with van der Waals surface area (Å²) in [6.45, 7) is 5.11. The molecule has 0 aromatic heterocycles. The molecule has 0 radical (unpaired) electrons. The molecule has 0 aliphatic carbocycles. The average molecular weight is 341 g/mol. The molecule has 0 bridgehead atoms. The minimum atomic E-state index is -0.601.